The molecule has 1 aromatic heterocycles. The van der Waals surface area contributed by atoms with Crippen molar-refractivity contribution >= 4 is 5.97 Å². The molecule has 0 bridgehead atoms. The van der Waals surface area contributed by atoms with Crippen LogP contribution in [-0.2, 0) is 6.18 Å². The van der Waals surface area contributed by atoms with Crippen molar-refractivity contribution in [1.29, 1.82) is 0 Å². The molecule has 1 fully saturated rings. The highest BCUT2D eigenvalue weighted by Crippen LogP contribution is 2.40. The Bertz CT molecular complexity index is 486. The summed E-state index contributed by atoms with van der Waals surface area (Å²) in [6.07, 6.45) is -3.06. The van der Waals surface area contributed by atoms with E-state index in [0.717, 1.165) is 12.8 Å². The number of hydrogen-bond donors (Lipinski definition) is 2. The number of aromatic carboxylic acids is 1. The molecule has 9 heteroatoms. The fourth-order valence-electron chi connectivity index (χ4n) is 1.41. The van der Waals surface area contributed by atoms with Crippen LogP contribution in [0.25, 0.3) is 0 Å². The van der Waals surface area contributed by atoms with Crippen molar-refractivity contribution in [3.8, 4) is 0 Å². The number of pyridine rings is 1. The van der Waals surface area contributed by atoms with E-state index >= 15 is 0 Å². The lowest BCUT2D eigenvalue weighted by atomic mass is 10.1. The molecule has 0 aliphatic heterocycles. The van der Waals surface area contributed by atoms with Crippen molar-refractivity contribution in [2.75, 3.05) is 0 Å². The Kier molecular flexibility index (Phi) is 4.41. The molecule has 0 unspecified atom stereocenters. The quantitative estimate of drug-likeness (QED) is 0.640. The Morgan fingerprint density at radius 3 is 2.26 bits per heavy atom. The van der Waals surface area contributed by atoms with Gasteiger partial charge in [0.25, 0.3) is 0 Å². The number of rotatable bonds is 2. The number of nitrogens with zero attached hydrogens (tertiary/aromatic N) is 2. The number of carboxylic acid groups (broad SMARTS) is 1. The molecule has 1 aliphatic rings. The number of aromatic nitrogens is 1. The molecule has 1 saturated carbocycles. The molecule has 0 saturated heterocycles. The van der Waals surface area contributed by atoms with Crippen molar-refractivity contribution in [2.45, 2.75) is 24.9 Å². The number of halogens is 3. The third kappa shape index (κ3) is 4.19. The van der Waals surface area contributed by atoms with Gasteiger partial charge < -0.3 is 10.3 Å². The molecule has 104 valence electrons. The molecular weight excluding hydrogens is 269 g/mol. The average Bonchev–Trinajstić information content (AvgIpc) is 3.12. The Labute approximate surface area is 104 Å². The summed E-state index contributed by atoms with van der Waals surface area (Å²) >= 11 is 0. The van der Waals surface area contributed by atoms with E-state index in [-0.39, 0.29) is 17.2 Å². The van der Waals surface area contributed by atoms with Crippen LogP contribution in [0.4, 0.5) is 13.2 Å². The second kappa shape index (κ2) is 5.63. The molecule has 0 amide bonds. The first-order valence-corrected chi connectivity index (χ1v) is 5.08. The normalized spacial score (nSPS) is 14.3. The van der Waals surface area contributed by atoms with Crippen LogP contribution in [0.5, 0.6) is 0 Å². The number of carboxylic acids is 1. The highest BCUT2D eigenvalue weighted by atomic mass is 19.4. The molecule has 1 heterocycles. The average molecular weight is 278 g/mol. The zero-order valence-electron chi connectivity index (χ0n) is 9.39. The lowest BCUT2D eigenvalue weighted by Crippen LogP contribution is -2.12. The number of carbonyl (C=O) groups is 1. The SMILES string of the molecule is O=C(O)c1cc(C2CC2)nc(C(F)(F)F)c1.O=NO. The first kappa shape index (κ1) is 14.9. The van der Waals surface area contributed by atoms with Crippen molar-refractivity contribution in [3.05, 3.63) is 34.0 Å². The minimum absolute atomic E-state index is 0.0135. The molecular formula is C10H9F3N2O4. The van der Waals surface area contributed by atoms with Gasteiger partial charge in [-0.15, -0.1) is 4.91 Å². The Morgan fingerprint density at radius 2 is 1.89 bits per heavy atom. The third-order valence-electron chi connectivity index (χ3n) is 2.38. The minimum atomic E-state index is -4.60. The summed E-state index contributed by atoms with van der Waals surface area (Å²) in [7, 11) is 0. The maximum absolute atomic E-state index is 12.4. The molecule has 1 aliphatic carbocycles. The van der Waals surface area contributed by atoms with Gasteiger partial charge in [0, 0.05) is 11.6 Å². The first-order valence-electron chi connectivity index (χ1n) is 5.08. The second-order valence-electron chi connectivity index (χ2n) is 3.82. The van der Waals surface area contributed by atoms with E-state index in [1.165, 1.54) is 11.4 Å². The fourth-order valence-corrected chi connectivity index (χ4v) is 1.41. The van der Waals surface area contributed by atoms with E-state index in [0.29, 0.717) is 6.07 Å². The predicted octanol–water partition coefficient (Wildman–Crippen LogP) is 2.82. The lowest BCUT2D eigenvalue weighted by Gasteiger charge is -2.08. The predicted molar refractivity (Wildman–Crippen MR) is 55.8 cm³/mol. The van der Waals surface area contributed by atoms with Gasteiger partial charge in [-0.05, 0) is 25.0 Å². The maximum atomic E-state index is 12.4. The molecule has 2 N–H and O–H groups in total. The summed E-state index contributed by atoms with van der Waals surface area (Å²) in [4.78, 5) is 22.3. The molecule has 0 spiro atoms. The van der Waals surface area contributed by atoms with Crippen LogP contribution in [0.3, 0.4) is 0 Å². The number of hydrogen-bond acceptors (Lipinski definition) is 4. The molecule has 19 heavy (non-hydrogen) atoms. The van der Waals surface area contributed by atoms with Crippen LogP contribution >= 0.6 is 0 Å². The third-order valence-corrected chi connectivity index (χ3v) is 2.38. The summed E-state index contributed by atoms with van der Waals surface area (Å²) < 4.78 is 37.3. The summed E-state index contributed by atoms with van der Waals surface area (Å²) in [5.74, 6) is -1.38. The second-order valence-corrected chi connectivity index (χ2v) is 3.82. The summed E-state index contributed by atoms with van der Waals surface area (Å²) in [5, 5.41) is 16.6. The van der Waals surface area contributed by atoms with Crippen LogP contribution in [0.15, 0.2) is 17.5 Å². The highest BCUT2D eigenvalue weighted by molar-refractivity contribution is 5.87. The Hall–Kier alpha value is -2.19. The zero-order valence-corrected chi connectivity index (χ0v) is 9.39. The van der Waals surface area contributed by atoms with Crippen LogP contribution in [0, 0.1) is 4.91 Å². The van der Waals surface area contributed by atoms with Crippen LogP contribution in [-0.4, -0.2) is 21.3 Å². The van der Waals surface area contributed by atoms with Crippen molar-refractivity contribution < 1.29 is 28.3 Å². The molecule has 6 nitrogen and oxygen atoms in total. The molecule has 2 rings (SSSR count). The Balaban J connectivity index is 0.000000550. The van der Waals surface area contributed by atoms with Gasteiger partial charge >= 0.3 is 12.1 Å². The van der Waals surface area contributed by atoms with E-state index in [1.54, 1.807) is 0 Å². The van der Waals surface area contributed by atoms with Gasteiger partial charge in [-0.3, -0.25) is 0 Å². The Morgan fingerprint density at radius 1 is 1.37 bits per heavy atom. The van der Waals surface area contributed by atoms with E-state index in [9.17, 15) is 18.0 Å². The van der Waals surface area contributed by atoms with Gasteiger partial charge in [0.15, 0.2) is 5.34 Å². The van der Waals surface area contributed by atoms with E-state index in [4.69, 9.17) is 15.2 Å². The van der Waals surface area contributed by atoms with Crippen LogP contribution in [0.2, 0.25) is 0 Å². The fraction of sp³-hybridized carbons (Fsp3) is 0.400. The molecule has 0 atom stereocenters. The van der Waals surface area contributed by atoms with Crippen molar-refractivity contribution in [3.63, 3.8) is 0 Å². The topological polar surface area (TPSA) is 99.8 Å². The molecule has 0 aromatic carbocycles. The van der Waals surface area contributed by atoms with Gasteiger partial charge in [0.2, 0.25) is 0 Å². The standard InChI is InChI=1S/C10H8F3NO2.HNO2/c11-10(12,13)8-4-6(9(15)16)3-7(14-8)5-1-2-5;2-1-3/h3-5H,1-2H2,(H,15,16);(H,2,3). The van der Waals surface area contributed by atoms with Crippen LogP contribution in [0.1, 0.15) is 40.5 Å². The number of alkyl halides is 3. The van der Waals surface area contributed by atoms with E-state index < -0.39 is 17.8 Å². The summed E-state index contributed by atoms with van der Waals surface area (Å²) in [6.45, 7) is 0. The van der Waals surface area contributed by atoms with E-state index in [2.05, 4.69) is 4.98 Å². The minimum Gasteiger partial charge on any atom is -0.478 e. The van der Waals surface area contributed by atoms with Crippen molar-refractivity contribution in [1.82, 2.24) is 4.98 Å². The van der Waals surface area contributed by atoms with Gasteiger partial charge in [-0.25, -0.2) is 9.78 Å². The van der Waals surface area contributed by atoms with Gasteiger partial charge in [-0.2, -0.15) is 13.2 Å². The first-order chi connectivity index (χ1) is 8.79. The summed E-state index contributed by atoms with van der Waals surface area (Å²) in [5.41, 5.74) is -1.26. The zero-order chi connectivity index (χ0) is 14.6. The van der Waals surface area contributed by atoms with Crippen LogP contribution < -0.4 is 0 Å². The van der Waals surface area contributed by atoms with Gasteiger partial charge in [0.05, 0.1) is 5.56 Å². The summed E-state index contributed by atoms with van der Waals surface area (Å²) in [6, 6.07) is 1.78. The van der Waals surface area contributed by atoms with Gasteiger partial charge in [-0.1, -0.05) is 0 Å². The monoisotopic (exact) mass is 278 g/mol. The largest absolute Gasteiger partial charge is 0.478 e. The lowest BCUT2D eigenvalue weighted by molar-refractivity contribution is -0.141. The smallest absolute Gasteiger partial charge is 0.433 e. The molecule has 0 radical (unpaired) electrons. The molecule has 1 aromatic rings. The van der Waals surface area contributed by atoms with Crippen molar-refractivity contribution in [2.24, 2.45) is 5.34 Å². The van der Waals surface area contributed by atoms with Gasteiger partial charge in [0.1, 0.15) is 5.69 Å². The highest BCUT2D eigenvalue weighted by Gasteiger charge is 2.35. The maximum Gasteiger partial charge on any atom is 0.433 e. The van der Waals surface area contributed by atoms with E-state index in [1.807, 2.05) is 0 Å².